The van der Waals surface area contributed by atoms with Crippen molar-refractivity contribution in [3.63, 3.8) is 0 Å². The number of pyridine rings is 1. The zero-order valence-corrected chi connectivity index (χ0v) is 20.7. The molecule has 0 spiro atoms. The van der Waals surface area contributed by atoms with Crippen molar-refractivity contribution in [3.8, 4) is 0 Å². The van der Waals surface area contributed by atoms with Crippen molar-refractivity contribution in [2.24, 2.45) is 11.8 Å². The van der Waals surface area contributed by atoms with Gasteiger partial charge in [-0.15, -0.1) is 0 Å². The lowest BCUT2D eigenvalue weighted by Crippen LogP contribution is -2.41. The molecule has 3 rings (SSSR count). The highest BCUT2D eigenvalue weighted by molar-refractivity contribution is 7.88. The molecular formula is C22H33N5O5S. The van der Waals surface area contributed by atoms with Crippen LogP contribution < -0.4 is 16.6 Å². The second-order valence-electron chi connectivity index (χ2n) is 9.53. The molecule has 1 fully saturated rings. The topological polar surface area (TPSA) is 134 Å². The summed E-state index contributed by atoms with van der Waals surface area (Å²) in [6, 6.07) is 1.62. The summed E-state index contributed by atoms with van der Waals surface area (Å²) >= 11 is 0. The summed E-state index contributed by atoms with van der Waals surface area (Å²) in [6.07, 6.45) is 2.50. The minimum Gasteiger partial charge on any atom is -0.352 e. The first-order valence-corrected chi connectivity index (χ1v) is 13.1. The number of aromatic nitrogens is 3. The van der Waals surface area contributed by atoms with E-state index >= 15 is 0 Å². The Kier molecular flexibility index (Phi) is 7.42. The number of rotatable bonds is 7. The summed E-state index contributed by atoms with van der Waals surface area (Å²) in [5.41, 5.74) is -0.147. The number of fused-ring (bicyclic) bond motifs is 1. The summed E-state index contributed by atoms with van der Waals surface area (Å²) in [5, 5.41) is 3.01. The zero-order valence-electron chi connectivity index (χ0n) is 19.8. The molecule has 10 nitrogen and oxygen atoms in total. The first-order valence-electron chi connectivity index (χ1n) is 11.3. The average Bonchev–Trinajstić information content (AvgIpc) is 2.73. The van der Waals surface area contributed by atoms with Crippen LogP contribution in [0.3, 0.4) is 0 Å². The van der Waals surface area contributed by atoms with Gasteiger partial charge in [0.25, 0.3) is 11.5 Å². The average molecular weight is 480 g/mol. The van der Waals surface area contributed by atoms with E-state index in [4.69, 9.17) is 0 Å². The number of amides is 1. The molecule has 0 saturated carbocycles. The fourth-order valence-electron chi connectivity index (χ4n) is 4.08. The second kappa shape index (κ2) is 9.76. The number of aromatic amines is 1. The molecule has 1 aliphatic heterocycles. The Hall–Kier alpha value is -2.53. The highest BCUT2D eigenvalue weighted by Crippen LogP contribution is 2.21. The molecule has 0 aliphatic carbocycles. The van der Waals surface area contributed by atoms with Gasteiger partial charge in [-0.25, -0.2) is 22.5 Å². The van der Waals surface area contributed by atoms with Crippen molar-refractivity contribution < 1.29 is 13.2 Å². The number of hydrogen-bond donors (Lipinski definition) is 2. The number of hydrogen-bond acceptors (Lipinski definition) is 6. The first kappa shape index (κ1) is 25.1. The molecule has 0 radical (unpaired) electrons. The number of carbonyl (C=O) groups is 1. The fourth-order valence-corrected chi connectivity index (χ4v) is 4.95. The quantitative estimate of drug-likeness (QED) is 0.614. The molecule has 2 aromatic heterocycles. The van der Waals surface area contributed by atoms with E-state index < -0.39 is 27.2 Å². The molecule has 1 amide bonds. The molecule has 3 heterocycles. The van der Waals surface area contributed by atoms with Crippen LogP contribution in [-0.4, -0.2) is 59.1 Å². The second-order valence-corrected chi connectivity index (χ2v) is 11.5. The third-order valence-corrected chi connectivity index (χ3v) is 7.25. The number of piperidine rings is 1. The normalized spacial score (nSPS) is 16.1. The van der Waals surface area contributed by atoms with Crippen molar-refractivity contribution in [2.75, 3.05) is 25.9 Å². The van der Waals surface area contributed by atoms with Crippen molar-refractivity contribution in [1.29, 1.82) is 0 Å². The van der Waals surface area contributed by atoms with Crippen LogP contribution in [0.2, 0.25) is 0 Å². The van der Waals surface area contributed by atoms with Crippen LogP contribution in [0.4, 0.5) is 0 Å². The Morgan fingerprint density at radius 3 is 2.39 bits per heavy atom. The van der Waals surface area contributed by atoms with Gasteiger partial charge in [0.05, 0.1) is 17.2 Å². The third-order valence-electron chi connectivity index (χ3n) is 5.95. The summed E-state index contributed by atoms with van der Waals surface area (Å²) in [4.78, 5) is 45.3. The summed E-state index contributed by atoms with van der Waals surface area (Å²) in [6.45, 7) is 9.37. The number of H-pyrrole nitrogens is 1. The van der Waals surface area contributed by atoms with Crippen molar-refractivity contribution in [1.82, 2.24) is 24.2 Å². The van der Waals surface area contributed by atoms with E-state index in [9.17, 15) is 22.8 Å². The maximum Gasteiger partial charge on any atom is 0.330 e. The van der Waals surface area contributed by atoms with Gasteiger partial charge in [0, 0.05) is 31.9 Å². The van der Waals surface area contributed by atoms with Crippen LogP contribution in [0.25, 0.3) is 11.0 Å². The van der Waals surface area contributed by atoms with E-state index in [0.717, 1.165) is 0 Å². The van der Waals surface area contributed by atoms with Gasteiger partial charge in [-0.1, -0.05) is 27.7 Å². The van der Waals surface area contributed by atoms with Gasteiger partial charge in [-0.05, 0) is 36.7 Å². The molecule has 0 aromatic carbocycles. The zero-order chi connectivity index (χ0) is 24.5. The highest BCUT2D eigenvalue weighted by atomic mass is 32.2. The molecule has 1 saturated heterocycles. The minimum absolute atomic E-state index is 0.0110. The summed E-state index contributed by atoms with van der Waals surface area (Å²) < 4.78 is 26.3. The Morgan fingerprint density at radius 2 is 1.85 bits per heavy atom. The van der Waals surface area contributed by atoms with Crippen LogP contribution in [0.5, 0.6) is 0 Å². The van der Waals surface area contributed by atoms with Gasteiger partial charge in [-0.3, -0.25) is 19.1 Å². The van der Waals surface area contributed by atoms with Gasteiger partial charge in [0.1, 0.15) is 0 Å². The summed E-state index contributed by atoms with van der Waals surface area (Å²) in [7, 11) is -3.21. The van der Waals surface area contributed by atoms with Gasteiger partial charge < -0.3 is 5.32 Å². The molecule has 2 N–H and O–H groups in total. The van der Waals surface area contributed by atoms with E-state index in [2.05, 4.69) is 15.3 Å². The van der Waals surface area contributed by atoms with Gasteiger partial charge >= 0.3 is 5.69 Å². The van der Waals surface area contributed by atoms with Crippen LogP contribution in [0, 0.1) is 11.8 Å². The molecule has 0 atom stereocenters. The van der Waals surface area contributed by atoms with Crippen molar-refractivity contribution in [2.45, 2.75) is 53.0 Å². The standard InChI is InChI=1S/C22H33N5O5S/c1-13(2)12-27-19-18(21(29)25-22(27)30)16(10-17(24-19)14(3)4)20(28)23-11-15-6-8-26(9-7-15)33(5,31)32/h10,13-15H,6-9,11-12H2,1-5H3,(H,23,28)(H,25,29,30). The SMILES string of the molecule is CC(C)Cn1c(=O)[nH]c(=O)c2c(C(=O)NCC3CCN(S(C)(=O)=O)CC3)cc(C(C)C)nc21. The number of nitrogens with zero attached hydrogens (tertiary/aromatic N) is 3. The van der Waals surface area contributed by atoms with E-state index in [1.54, 1.807) is 6.07 Å². The molecule has 0 unspecified atom stereocenters. The van der Waals surface area contributed by atoms with Crippen LogP contribution in [0.1, 0.15) is 62.5 Å². The Bertz CT molecular complexity index is 1250. The van der Waals surface area contributed by atoms with Crippen molar-refractivity contribution in [3.05, 3.63) is 38.2 Å². The van der Waals surface area contributed by atoms with Gasteiger partial charge in [0.2, 0.25) is 10.0 Å². The number of carbonyl (C=O) groups excluding carboxylic acids is 1. The lowest BCUT2D eigenvalue weighted by atomic mass is 9.98. The molecule has 33 heavy (non-hydrogen) atoms. The molecule has 2 aromatic rings. The van der Waals surface area contributed by atoms with E-state index in [1.165, 1.54) is 15.1 Å². The van der Waals surface area contributed by atoms with E-state index in [0.29, 0.717) is 44.7 Å². The Morgan fingerprint density at radius 1 is 1.21 bits per heavy atom. The maximum absolute atomic E-state index is 13.2. The smallest absolute Gasteiger partial charge is 0.330 e. The van der Waals surface area contributed by atoms with E-state index in [1.807, 2.05) is 27.7 Å². The van der Waals surface area contributed by atoms with Crippen molar-refractivity contribution >= 4 is 27.0 Å². The Balaban J connectivity index is 1.92. The minimum atomic E-state index is -3.21. The molecular weight excluding hydrogens is 446 g/mol. The number of sulfonamides is 1. The lowest BCUT2D eigenvalue weighted by Gasteiger charge is -2.30. The first-order chi connectivity index (χ1) is 15.4. The third kappa shape index (κ3) is 5.70. The summed E-state index contributed by atoms with van der Waals surface area (Å²) in [5.74, 6) is -0.142. The molecule has 11 heteroatoms. The predicted molar refractivity (Wildman–Crippen MR) is 127 cm³/mol. The number of nitrogens with one attached hydrogen (secondary N) is 2. The molecule has 1 aliphatic rings. The lowest BCUT2D eigenvalue weighted by molar-refractivity contribution is 0.0943. The monoisotopic (exact) mass is 479 g/mol. The highest BCUT2D eigenvalue weighted by Gasteiger charge is 2.26. The van der Waals surface area contributed by atoms with E-state index in [-0.39, 0.29) is 34.4 Å². The van der Waals surface area contributed by atoms with Crippen LogP contribution >= 0.6 is 0 Å². The largest absolute Gasteiger partial charge is 0.352 e. The fraction of sp³-hybridized carbons (Fsp3) is 0.636. The predicted octanol–water partition coefficient (Wildman–Crippen LogP) is 1.27. The molecule has 182 valence electrons. The Labute approximate surface area is 193 Å². The molecule has 0 bridgehead atoms. The van der Waals surface area contributed by atoms with Gasteiger partial charge in [0.15, 0.2) is 5.65 Å². The van der Waals surface area contributed by atoms with Crippen LogP contribution in [0.15, 0.2) is 15.7 Å². The van der Waals surface area contributed by atoms with Crippen LogP contribution in [-0.2, 0) is 16.6 Å². The maximum atomic E-state index is 13.2. The van der Waals surface area contributed by atoms with Gasteiger partial charge in [-0.2, -0.15) is 0 Å².